The Labute approximate surface area is 203 Å². The first kappa shape index (κ1) is 28.1. The minimum absolute atomic E-state index is 0.00698. The van der Waals surface area contributed by atoms with Gasteiger partial charge in [-0.2, -0.15) is 13.2 Å². The molecule has 6 nitrogen and oxygen atoms in total. The van der Waals surface area contributed by atoms with Crippen LogP contribution in [-0.2, 0) is 15.8 Å². The Balaban J connectivity index is 0.00000210. The van der Waals surface area contributed by atoms with E-state index in [2.05, 4.69) is 4.98 Å². The van der Waals surface area contributed by atoms with E-state index < -0.39 is 35.4 Å². The second-order valence-electron chi connectivity index (χ2n) is 8.10. The second kappa shape index (κ2) is 11.5. The van der Waals surface area contributed by atoms with E-state index in [-0.39, 0.29) is 30.0 Å². The number of hydrogen-bond donors (Lipinski definition) is 0. The zero-order chi connectivity index (χ0) is 26.5. The van der Waals surface area contributed by atoms with E-state index in [1.165, 1.54) is 31.0 Å². The van der Waals surface area contributed by atoms with Crippen LogP contribution < -0.4 is 14.7 Å². The lowest BCUT2D eigenvalue weighted by atomic mass is 10.1. The van der Waals surface area contributed by atoms with Gasteiger partial charge in [-0.15, -0.1) is 0 Å². The zero-order valence-corrected chi connectivity index (χ0v) is 20.9. The van der Waals surface area contributed by atoms with E-state index in [0.29, 0.717) is 12.2 Å². The van der Waals surface area contributed by atoms with Crippen molar-refractivity contribution in [3.63, 3.8) is 0 Å². The lowest BCUT2D eigenvalue weighted by Gasteiger charge is -2.31. The molecule has 0 radical (unpaired) electrons. The number of hydrogen-bond acceptors (Lipinski definition) is 4. The largest absolute Gasteiger partial charge is 0.416 e. The van der Waals surface area contributed by atoms with Crippen LogP contribution in [0.3, 0.4) is 0 Å². The molecule has 1 atom stereocenters. The number of benzene rings is 1. The zero-order valence-electron chi connectivity index (χ0n) is 20.9. The van der Waals surface area contributed by atoms with Gasteiger partial charge < -0.3 is 9.80 Å². The van der Waals surface area contributed by atoms with Crippen LogP contribution in [0.5, 0.6) is 0 Å². The molecule has 35 heavy (non-hydrogen) atoms. The van der Waals surface area contributed by atoms with Crippen molar-refractivity contribution < 1.29 is 27.2 Å². The van der Waals surface area contributed by atoms with Crippen LogP contribution in [0.25, 0.3) is 0 Å². The number of nitrogens with zero attached hydrogens (tertiary/aromatic N) is 4. The quantitative estimate of drug-likeness (QED) is 0.490. The molecule has 1 fully saturated rings. The summed E-state index contributed by atoms with van der Waals surface area (Å²) in [6.45, 7) is 7.89. The minimum Gasteiger partial charge on any atom is -0.371 e. The van der Waals surface area contributed by atoms with Crippen molar-refractivity contribution >= 4 is 29.0 Å². The molecule has 192 valence electrons. The Morgan fingerprint density at radius 1 is 1.20 bits per heavy atom. The third kappa shape index (κ3) is 6.10. The Kier molecular flexibility index (Phi) is 9.23. The fourth-order valence-corrected chi connectivity index (χ4v) is 4.08. The SMILES string of the molecule is CC.CCCN(C)c1c(F)cccc1N(C)C(=O)[C@@H]1CCC(=O)N1c1cc(C(F)(F)F)cc(C)n1. The van der Waals surface area contributed by atoms with Crippen molar-refractivity contribution in [2.45, 2.75) is 59.2 Å². The van der Waals surface area contributed by atoms with E-state index in [9.17, 15) is 27.2 Å². The number of carbonyl (C=O) groups is 2. The summed E-state index contributed by atoms with van der Waals surface area (Å²) in [6, 6.07) is 4.98. The lowest BCUT2D eigenvalue weighted by Crippen LogP contribution is -2.46. The maximum absolute atomic E-state index is 14.7. The van der Waals surface area contributed by atoms with Gasteiger partial charge in [-0.05, 0) is 44.0 Å². The molecule has 2 heterocycles. The van der Waals surface area contributed by atoms with Gasteiger partial charge in [-0.25, -0.2) is 9.37 Å². The van der Waals surface area contributed by atoms with Gasteiger partial charge in [0, 0.05) is 32.8 Å². The predicted molar refractivity (Wildman–Crippen MR) is 129 cm³/mol. The molecule has 0 saturated carbocycles. The van der Waals surface area contributed by atoms with Crippen LogP contribution in [0.1, 0.15) is 51.3 Å². The smallest absolute Gasteiger partial charge is 0.371 e. The molecule has 2 amide bonds. The highest BCUT2D eigenvalue weighted by atomic mass is 19.4. The highest BCUT2D eigenvalue weighted by Gasteiger charge is 2.41. The van der Waals surface area contributed by atoms with Gasteiger partial charge in [0.15, 0.2) is 0 Å². The number of likely N-dealkylation sites (N-methyl/N-ethyl adjacent to an activating group) is 1. The maximum Gasteiger partial charge on any atom is 0.416 e. The molecular weight excluding hydrogens is 464 g/mol. The molecule has 1 aromatic carbocycles. The van der Waals surface area contributed by atoms with Crippen LogP contribution in [0.2, 0.25) is 0 Å². The molecule has 0 unspecified atom stereocenters. The Morgan fingerprint density at radius 2 is 1.86 bits per heavy atom. The molecular formula is C25H32F4N4O2. The summed E-state index contributed by atoms with van der Waals surface area (Å²) in [7, 11) is 3.18. The maximum atomic E-state index is 14.7. The topological polar surface area (TPSA) is 56.8 Å². The summed E-state index contributed by atoms with van der Waals surface area (Å²) in [5.74, 6) is -1.75. The van der Waals surface area contributed by atoms with E-state index in [0.717, 1.165) is 23.5 Å². The highest BCUT2D eigenvalue weighted by Crippen LogP contribution is 2.36. The number of aryl methyl sites for hydroxylation is 1. The van der Waals surface area contributed by atoms with Crippen molar-refractivity contribution in [2.24, 2.45) is 0 Å². The van der Waals surface area contributed by atoms with Crippen LogP contribution in [-0.4, -0.2) is 43.5 Å². The number of para-hydroxylation sites is 1. The highest BCUT2D eigenvalue weighted by molar-refractivity contribution is 6.09. The van der Waals surface area contributed by atoms with Crippen molar-refractivity contribution in [2.75, 3.05) is 35.3 Å². The standard InChI is InChI=1S/C23H26F4N4O2.C2H6/c1-5-11-29(3)21-16(24)7-6-8-17(21)30(4)22(33)18-9-10-20(32)31(18)19-13-15(23(25,26)27)12-14(2)28-19;1-2/h6-8,12-13,18H,5,9-11H2,1-4H3;1-2H3/t18-;/m0./s1. The minimum atomic E-state index is -4.62. The third-order valence-electron chi connectivity index (χ3n) is 5.61. The Bertz CT molecular complexity index is 1060. The average molecular weight is 497 g/mol. The number of carbonyl (C=O) groups excluding carboxylic acids is 2. The van der Waals surface area contributed by atoms with Crippen LogP contribution >= 0.6 is 0 Å². The first-order valence-corrected chi connectivity index (χ1v) is 11.6. The number of rotatable bonds is 6. The lowest BCUT2D eigenvalue weighted by molar-refractivity contribution is -0.137. The van der Waals surface area contributed by atoms with Gasteiger partial charge in [0.1, 0.15) is 17.7 Å². The molecule has 0 spiro atoms. The molecule has 0 aliphatic carbocycles. The summed E-state index contributed by atoms with van der Waals surface area (Å²) >= 11 is 0. The summed E-state index contributed by atoms with van der Waals surface area (Å²) in [5.41, 5.74) is -0.326. The summed E-state index contributed by atoms with van der Waals surface area (Å²) < 4.78 is 54.6. The van der Waals surface area contributed by atoms with Crippen LogP contribution in [0.4, 0.5) is 34.8 Å². The number of halogens is 4. The Morgan fingerprint density at radius 3 is 2.46 bits per heavy atom. The fourth-order valence-electron chi connectivity index (χ4n) is 4.08. The van der Waals surface area contributed by atoms with E-state index >= 15 is 0 Å². The van der Waals surface area contributed by atoms with Gasteiger partial charge in [-0.3, -0.25) is 14.5 Å². The number of alkyl halides is 3. The van der Waals surface area contributed by atoms with Crippen LogP contribution in [0, 0.1) is 12.7 Å². The first-order chi connectivity index (χ1) is 16.5. The molecule has 1 aliphatic heterocycles. The molecule has 3 rings (SSSR count). The number of amides is 2. The van der Waals surface area contributed by atoms with Gasteiger partial charge in [0.25, 0.3) is 0 Å². The molecule has 0 bridgehead atoms. The van der Waals surface area contributed by atoms with E-state index in [1.807, 2.05) is 20.8 Å². The fraction of sp³-hybridized carbons (Fsp3) is 0.480. The average Bonchev–Trinajstić information content (AvgIpc) is 3.19. The molecule has 1 aliphatic rings. The van der Waals surface area contributed by atoms with Crippen LogP contribution in [0.15, 0.2) is 30.3 Å². The molecule has 0 N–H and O–H groups in total. The number of anilines is 3. The Hall–Kier alpha value is -3.17. The molecule has 2 aromatic rings. The van der Waals surface area contributed by atoms with Crippen molar-refractivity contribution in [3.05, 3.63) is 47.4 Å². The van der Waals surface area contributed by atoms with E-state index in [1.54, 1.807) is 18.0 Å². The van der Waals surface area contributed by atoms with E-state index in [4.69, 9.17) is 0 Å². The predicted octanol–water partition coefficient (Wildman–Crippen LogP) is 5.58. The number of aromatic nitrogens is 1. The van der Waals surface area contributed by atoms with Gasteiger partial charge in [-0.1, -0.05) is 26.8 Å². The summed E-state index contributed by atoms with van der Waals surface area (Å²) in [5, 5.41) is 0. The normalized spacial score (nSPS) is 15.5. The van der Waals surface area contributed by atoms with Gasteiger partial charge in [0.2, 0.25) is 11.8 Å². The first-order valence-electron chi connectivity index (χ1n) is 11.6. The van der Waals surface area contributed by atoms with Crippen molar-refractivity contribution in [3.8, 4) is 0 Å². The van der Waals surface area contributed by atoms with Crippen molar-refractivity contribution in [1.29, 1.82) is 0 Å². The van der Waals surface area contributed by atoms with Gasteiger partial charge in [0.05, 0.1) is 16.9 Å². The summed E-state index contributed by atoms with van der Waals surface area (Å²) in [6.07, 6.45) is -3.75. The molecule has 1 saturated heterocycles. The monoisotopic (exact) mass is 496 g/mol. The summed E-state index contributed by atoms with van der Waals surface area (Å²) in [4.78, 5) is 34.1. The van der Waals surface area contributed by atoms with Crippen molar-refractivity contribution in [1.82, 2.24) is 4.98 Å². The third-order valence-corrected chi connectivity index (χ3v) is 5.61. The second-order valence-corrected chi connectivity index (χ2v) is 8.10. The molecule has 1 aromatic heterocycles. The molecule has 10 heteroatoms. The number of pyridine rings is 1. The van der Waals surface area contributed by atoms with Gasteiger partial charge >= 0.3 is 6.18 Å².